The Hall–Kier alpha value is -2.89. The first-order chi connectivity index (χ1) is 9.99. The Kier molecular flexibility index (Phi) is 4.18. The molecule has 6 heteroatoms. The molecule has 0 spiro atoms. The fourth-order valence-electron chi connectivity index (χ4n) is 1.98. The van der Waals surface area contributed by atoms with Crippen LogP contribution in [0, 0.1) is 0 Å². The van der Waals surface area contributed by atoms with Gasteiger partial charge in [0.1, 0.15) is 5.75 Å². The second kappa shape index (κ2) is 6.04. The van der Waals surface area contributed by atoms with Gasteiger partial charge in [-0.1, -0.05) is 30.3 Å². The van der Waals surface area contributed by atoms with Crippen molar-refractivity contribution in [1.29, 1.82) is 0 Å². The molecule has 4 N–H and O–H groups in total. The molecule has 2 rings (SSSR count). The molecule has 0 bridgehead atoms. The summed E-state index contributed by atoms with van der Waals surface area (Å²) < 4.78 is 0. The van der Waals surface area contributed by atoms with Gasteiger partial charge in [0.2, 0.25) is 5.91 Å². The summed E-state index contributed by atoms with van der Waals surface area (Å²) in [6.45, 7) is 0. The summed E-state index contributed by atoms with van der Waals surface area (Å²) in [5, 5.41) is 20.5. The van der Waals surface area contributed by atoms with E-state index in [2.05, 4.69) is 4.99 Å². The van der Waals surface area contributed by atoms with E-state index >= 15 is 0 Å². The third kappa shape index (κ3) is 3.36. The Morgan fingerprint density at radius 2 is 1.95 bits per heavy atom. The number of aliphatic carboxylic acids is 1. The summed E-state index contributed by atoms with van der Waals surface area (Å²) in [5.41, 5.74) is 5.40. The molecular formula is C15H14N2O4. The second-order valence-electron chi connectivity index (χ2n) is 4.52. The molecule has 0 radical (unpaired) electrons. The highest BCUT2D eigenvalue weighted by atomic mass is 16.4. The Morgan fingerprint density at radius 3 is 2.62 bits per heavy atom. The Bertz CT molecular complexity index is 725. The molecule has 0 aliphatic carbocycles. The standard InChI is InChI=1S/C15H14N2O4/c16-14(19)7-12(15(20)21)17-8-11-10-4-2-1-3-9(10)5-6-13(11)18/h1-6,8,12,18H,7H2,(H2,16,19)(H,20,21)/t12-/m1/s1. The largest absolute Gasteiger partial charge is 0.507 e. The van der Waals surface area contributed by atoms with Crippen molar-refractivity contribution in [3.8, 4) is 5.75 Å². The number of nitrogens with zero attached hydrogens (tertiary/aromatic N) is 1. The van der Waals surface area contributed by atoms with Crippen molar-refractivity contribution >= 4 is 28.9 Å². The van der Waals surface area contributed by atoms with Gasteiger partial charge < -0.3 is 15.9 Å². The zero-order valence-electron chi connectivity index (χ0n) is 11.1. The molecule has 0 fully saturated rings. The zero-order chi connectivity index (χ0) is 15.4. The average Bonchev–Trinajstić information content (AvgIpc) is 2.44. The van der Waals surface area contributed by atoms with Crippen molar-refractivity contribution in [2.24, 2.45) is 10.7 Å². The van der Waals surface area contributed by atoms with E-state index < -0.39 is 24.3 Å². The van der Waals surface area contributed by atoms with E-state index in [1.807, 2.05) is 12.1 Å². The van der Waals surface area contributed by atoms with Crippen molar-refractivity contribution in [2.45, 2.75) is 12.5 Å². The highest BCUT2D eigenvalue weighted by Gasteiger charge is 2.18. The molecule has 0 aromatic heterocycles. The number of amides is 1. The number of phenolic OH excluding ortho intramolecular Hbond substituents is 1. The number of nitrogens with two attached hydrogens (primary N) is 1. The van der Waals surface area contributed by atoms with Crippen molar-refractivity contribution in [3.63, 3.8) is 0 Å². The minimum atomic E-state index is -1.26. The molecule has 0 aliphatic heterocycles. The van der Waals surface area contributed by atoms with Crippen molar-refractivity contribution in [3.05, 3.63) is 42.0 Å². The van der Waals surface area contributed by atoms with Crippen LogP contribution in [0.2, 0.25) is 0 Å². The summed E-state index contributed by atoms with van der Waals surface area (Å²) in [4.78, 5) is 25.7. The molecule has 0 saturated carbocycles. The van der Waals surface area contributed by atoms with Gasteiger partial charge >= 0.3 is 5.97 Å². The van der Waals surface area contributed by atoms with Crippen LogP contribution in [-0.4, -0.2) is 34.3 Å². The molecule has 6 nitrogen and oxygen atoms in total. The monoisotopic (exact) mass is 286 g/mol. The third-order valence-electron chi connectivity index (χ3n) is 3.01. The number of benzene rings is 2. The lowest BCUT2D eigenvalue weighted by atomic mass is 10.0. The number of hydrogen-bond donors (Lipinski definition) is 3. The van der Waals surface area contributed by atoms with Crippen molar-refractivity contribution in [2.75, 3.05) is 0 Å². The first-order valence-corrected chi connectivity index (χ1v) is 6.24. The van der Waals surface area contributed by atoms with Crippen LogP contribution in [0.15, 0.2) is 41.4 Å². The number of phenols is 1. The van der Waals surface area contributed by atoms with E-state index in [1.54, 1.807) is 18.2 Å². The fourth-order valence-corrected chi connectivity index (χ4v) is 1.98. The number of carbonyl (C=O) groups excluding carboxylic acids is 1. The molecule has 108 valence electrons. The number of carboxylic acids is 1. The number of fused-ring (bicyclic) bond motifs is 1. The molecule has 0 saturated heterocycles. The predicted octanol–water partition coefficient (Wildman–Crippen LogP) is 1.29. The van der Waals surface area contributed by atoms with Gasteiger partial charge in [-0.3, -0.25) is 9.79 Å². The maximum absolute atomic E-state index is 11.0. The molecule has 0 heterocycles. The normalized spacial score (nSPS) is 12.6. The maximum Gasteiger partial charge on any atom is 0.328 e. The molecule has 21 heavy (non-hydrogen) atoms. The van der Waals surface area contributed by atoms with Gasteiger partial charge in [-0.15, -0.1) is 0 Å². The van der Waals surface area contributed by atoms with Crippen LogP contribution in [-0.2, 0) is 9.59 Å². The lowest BCUT2D eigenvalue weighted by Crippen LogP contribution is -2.25. The number of primary amides is 1. The Labute approximate surface area is 120 Å². The minimum absolute atomic E-state index is 0.0133. The Balaban J connectivity index is 2.42. The van der Waals surface area contributed by atoms with Gasteiger partial charge in [0.25, 0.3) is 0 Å². The highest BCUT2D eigenvalue weighted by Crippen LogP contribution is 2.25. The van der Waals surface area contributed by atoms with E-state index in [0.29, 0.717) is 5.56 Å². The van der Waals surface area contributed by atoms with Crippen LogP contribution in [0.4, 0.5) is 0 Å². The smallest absolute Gasteiger partial charge is 0.328 e. The van der Waals surface area contributed by atoms with E-state index in [4.69, 9.17) is 10.8 Å². The topological polar surface area (TPSA) is 113 Å². The van der Waals surface area contributed by atoms with Crippen molar-refractivity contribution < 1.29 is 19.8 Å². The van der Waals surface area contributed by atoms with Crippen LogP contribution in [0.1, 0.15) is 12.0 Å². The number of aromatic hydroxyl groups is 1. The van der Waals surface area contributed by atoms with E-state index in [0.717, 1.165) is 10.8 Å². The Morgan fingerprint density at radius 1 is 1.24 bits per heavy atom. The summed E-state index contributed by atoms with van der Waals surface area (Å²) in [5.74, 6) is -2.01. The van der Waals surface area contributed by atoms with Gasteiger partial charge in [0.05, 0.1) is 6.42 Å². The van der Waals surface area contributed by atoms with Gasteiger partial charge in [0.15, 0.2) is 6.04 Å². The fraction of sp³-hybridized carbons (Fsp3) is 0.133. The number of carbonyl (C=O) groups is 2. The number of hydrogen-bond acceptors (Lipinski definition) is 4. The van der Waals surface area contributed by atoms with E-state index in [9.17, 15) is 14.7 Å². The number of carboxylic acid groups (broad SMARTS) is 1. The van der Waals surface area contributed by atoms with Gasteiger partial charge in [-0.25, -0.2) is 4.79 Å². The quantitative estimate of drug-likeness (QED) is 0.719. The predicted molar refractivity (Wildman–Crippen MR) is 78.4 cm³/mol. The molecular weight excluding hydrogens is 272 g/mol. The minimum Gasteiger partial charge on any atom is -0.507 e. The van der Waals surface area contributed by atoms with Crippen LogP contribution in [0.25, 0.3) is 10.8 Å². The SMILES string of the molecule is NC(=O)C[C@@H](N=Cc1c(O)ccc2ccccc12)C(=O)O. The highest BCUT2D eigenvalue weighted by molar-refractivity contribution is 6.03. The van der Waals surface area contributed by atoms with Gasteiger partial charge in [-0.2, -0.15) is 0 Å². The molecule has 1 amide bonds. The zero-order valence-corrected chi connectivity index (χ0v) is 11.1. The molecule has 1 atom stereocenters. The molecule has 2 aromatic carbocycles. The van der Waals surface area contributed by atoms with E-state index in [1.165, 1.54) is 12.3 Å². The maximum atomic E-state index is 11.0. The van der Waals surface area contributed by atoms with Gasteiger partial charge in [-0.05, 0) is 16.8 Å². The van der Waals surface area contributed by atoms with Gasteiger partial charge in [0, 0.05) is 11.8 Å². The van der Waals surface area contributed by atoms with Crippen LogP contribution >= 0.6 is 0 Å². The number of rotatable bonds is 5. The summed E-state index contributed by atoms with van der Waals surface area (Å²) in [6, 6.07) is 9.31. The van der Waals surface area contributed by atoms with Crippen LogP contribution in [0.3, 0.4) is 0 Å². The molecule has 2 aromatic rings. The molecule has 0 aliphatic rings. The third-order valence-corrected chi connectivity index (χ3v) is 3.01. The first-order valence-electron chi connectivity index (χ1n) is 6.24. The lowest BCUT2D eigenvalue weighted by Gasteiger charge is -2.07. The summed E-state index contributed by atoms with van der Waals surface area (Å²) in [6.07, 6.45) is 0.872. The second-order valence-corrected chi connectivity index (χ2v) is 4.52. The average molecular weight is 286 g/mol. The summed E-state index contributed by atoms with van der Waals surface area (Å²) in [7, 11) is 0. The molecule has 0 unspecified atom stereocenters. The lowest BCUT2D eigenvalue weighted by molar-refractivity contribution is -0.140. The number of aliphatic imine (C=N–C) groups is 1. The van der Waals surface area contributed by atoms with E-state index in [-0.39, 0.29) is 5.75 Å². The summed E-state index contributed by atoms with van der Waals surface area (Å²) >= 11 is 0. The van der Waals surface area contributed by atoms with Crippen LogP contribution < -0.4 is 5.73 Å². The van der Waals surface area contributed by atoms with Crippen LogP contribution in [0.5, 0.6) is 5.75 Å². The first kappa shape index (κ1) is 14.5. The van der Waals surface area contributed by atoms with Crippen molar-refractivity contribution in [1.82, 2.24) is 0 Å².